The van der Waals surface area contributed by atoms with Crippen molar-refractivity contribution < 1.29 is 23.1 Å². The van der Waals surface area contributed by atoms with Gasteiger partial charge in [-0.25, -0.2) is 0 Å². The Hall–Kier alpha value is 0.497. The summed E-state index contributed by atoms with van der Waals surface area (Å²) >= 11 is 3.59. The van der Waals surface area contributed by atoms with Gasteiger partial charge in [-0.05, 0) is 253 Å². The van der Waals surface area contributed by atoms with Crippen LogP contribution in [0.1, 0.15) is 208 Å². The SMILES string of the molecule is CO[C@@H]1CC[C@@]2(C)C(CCC3C2CC[C@@]2(C)C3CCC2[C@H](C)CCCOC(CC[C@@H](C)C2CCC3C4CCC5C[C@H](OC)CC[C@]5(C)C4CC[C@@]32C)O[Si](C)OCCCCCCBr)C1. The van der Waals surface area contributed by atoms with Gasteiger partial charge in [0.15, 0.2) is 0 Å². The van der Waals surface area contributed by atoms with Crippen molar-refractivity contribution in [3.05, 3.63) is 0 Å². The average molecular weight is 973 g/mol. The summed E-state index contributed by atoms with van der Waals surface area (Å²) in [6.45, 7) is 20.0. The van der Waals surface area contributed by atoms with Crippen molar-refractivity contribution in [2.75, 3.05) is 32.8 Å². The summed E-state index contributed by atoms with van der Waals surface area (Å²) in [5.74, 6) is 10.6. The highest BCUT2D eigenvalue weighted by atomic mass is 79.9. The summed E-state index contributed by atoms with van der Waals surface area (Å²) in [6.07, 6.45) is 35.9. The van der Waals surface area contributed by atoms with Crippen LogP contribution < -0.4 is 0 Å². The molecule has 0 heterocycles. The Morgan fingerprint density at radius 3 is 1.56 bits per heavy atom. The van der Waals surface area contributed by atoms with Gasteiger partial charge in [-0.15, -0.1) is 0 Å². The van der Waals surface area contributed by atoms with Crippen molar-refractivity contribution >= 4 is 25.2 Å². The molecule has 0 bridgehead atoms. The van der Waals surface area contributed by atoms with Crippen LogP contribution in [0.3, 0.4) is 0 Å². The number of methoxy groups -OCH3 is 2. The van der Waals surface area contributed by atoms with Gasteiger partial charge in [0, 0.05) is 32.8 Å². The zero-order valence-electron chi connectivity index (χ0n) is 43.1. The summed E-state index contributed by atoms with van der Waals surface area (Å²) in [5, 5.41) is 1.10. The third-order valence-corrected chi connectivity index (χ3v) is 24.8. The lowest BCUT2D eigenvalue weighted by atomic mass is 9.44. The fraction of sp³-hybridized carbons (Fsp3) is 1.00. The Kier molecular flexibility index (Phi) is 17.4. The molecule has 1 radical (unpaired) electrons. The van der Waals surface area contributed by atoms with Crippen molar-refractivity contribution in [3.63, 3.8) is 0 Å². The van der Waals surface area contributed by atoms with Gasteiger partial charge >= 0.3 is 9.28 Å². The predicted molar refractivity (Wildman–Crippen MR) is 269 cm³/mol. The van der Waals surface area contributed by atoms with Gasteiger partial charge in [-0.3, -0.25) is 0 Å². The van der Waals surface area contributed by atoms with Gasteiger partial charge in [0.05, 0.1) is 12.2 Å². The lowest BCUT2D eigenvalue weighted by molar-refractivity contribution is -0.134. The third kappa shape index (κ3) is 10.2. The van der Waals surface area contributed by atoms with Gasteiger partial charge in [-0.1, -0.05) is 70.3 Å². The fourth-order valence-electron chi connectivity index (χ4n) is 19.4. The van der Waals surface area contributed by atoms with E-state index in [-0.39, 0.29) is 6.29 Å². The first-order chi connectivity index (χ1) is 30.8. The molecule has 8 fully saturated rings. The van der Waals surface area contributed by atoms with E-state index in [1.54, 1.807) is 0 Å². The highest BCUT2D eigenvalue weighted by molar-refractivity contribution is 9.09. The van der Waals surface area contributed by atoms with Gasteiger partial charge in [0.2, 0.25) is 0 Å². The van der Waals surface area contributed by atoms with Crippen LogP contribution in [0.2, 0.25) is 6.55 Å². The quantitative estimate of drug-likeness (QED) is 0.0496. The molecule has 369 valence electrons. The van der Waals surface area contributed by atoms with Crippen molar-refractivity contribution in [1.82, 2.24) is 0 Å². The molecule has 8 rings (SSSR count). The predicted octanol–water partition coefficient (Wildman–Crippen LogP) is 15.6. The van der Waals surface area contributed by atoms with E-state index >= 15 is 0 Å². The van der Waals surface area contributed by atoms with E-state index in [0.717, 1.165) is 103 Å². The Labute approximate surface area is 405 Å². The Bertz CT molecular complexity index is 1470. The van der Waals surface area contributed by atoms with Crippen LogP contribution in [0.5, 0.6) is 0 Å². The number of rotatable bonds is 21. The van der Waals surface area contributed by atoms with E-state index in [1.165, 1.54) is 148 Å². The average Bonchev–Trinajstić information content (AvgIpc) is 3.84. The maximum atomic E-state index is 6.86. The molecule has 0 amide bonds. The molecular weight excluding hydrogens is 873 g/mol. The topological polar surface area (TPSA) is 46.2 Å². The lowest BCUT2D eigenvalue weighted by Crippen LogP contribution is -2.54. The van der Waals surface area contributed by atoms with Crippen molar-refractivity contribution in [2.45, 2.75) is 234 Å². The zero-order chi connectivity index (χ0) is 45.3. The molecule has 19 atom stereocenters. The van der Waals surface area contributed by atoms with Gasteiger partial charge in [0.25, 0.3) is 0 Å². The lowest BCUT2D eigenvalue weighted by Gasteiger charge is -2.61. The van der Waals surface area contributed by atoms with Crippen molar-refractivity contribution in [2.24, 2.45) is 92.7 Å². The molecule has 64 heavy (non-hydrogen) atoms. The van der Waals surface area contributed by atoms with Crippen LogP contribution in [0.4, 0.5) is 0 Å². The van der Waals surface area contributed by atoms with Crippen LogP contribution in [0.15, 0.2) is 0 Å². The Morgan fingerprint density at radius 2 is 1.03 bits per heavy atom. The smallest absolute Gasteiger partial charge is 0.383 e. The molecule has 0 aromatic carbocycles. The first kappa shape index (κ1) is 50.9. The molecule has 8 aliphatic rings. The van der Waals surface area contributed by atoms with E-state index in [9.17, 15) is 0 Å². The largest absolute Gasteiger partial charge is 0.393 e. The first-order valence-corrected chi connectivity index (χ1v) is 31.1. The standard InChI is InChI=1S/C57H100BrO5Si/c1-39(47-21-23-49-45-19-17-41-37-43(59-7)26-30-54(41,3)51(45)28-32-56(47,49)5)15-14-35-61-53(63-64(9)62-36-13-11-10-12-34-58)25-16-40(2)48-22-24-50-46-20-18-42-38-44(60-8)27-31-55(42,4)52(46)29-33-57(48,50)6/h39-53H,10-38H2,1-9H3/t39-,40-,41?,42?,43-,44-,45?,46?,47?,48?,49?,50?,51?,52?,53?,54+,55+,56-,57-/m1/s1. The summed E-state index contributed by atoms with van der Waals surface area (Å²) < 4.78 is 31.9. The van der Waals surface area contributed by atoms with Crippen molar-refractivity contribution in [1.29, 1.82) is 0 Å². The minimum Gasteiger partial charge on any atom is -0.393 e. The minimum absolute atomic E-state index is 0.137. The molecule has 8 saturated carbocycles. The number of alkyl halides is 1. The van der Waals surface area contributed by atoms with E-state index < -0.39 is 9.28 Å². The summed E-state index contributed by atoms with van der Waals surface area (Å²) in [5.41, 5.74) is 2.11. The Balaban J connectivity index is 0.836. The van der Waals surface area contributed by atoms with Crippen LogP contribution in [-0.4, -0.2) is 60.5 Å². The second kappa shape index (κ2) is 21.9. The molecule has 0 aromatic heterocycles. The minimum atomic E-state index is -1.37. The number of halogens is 1. The van der Waals surface area contributed by atoms with E-state index in [1.807, 2.05) is 14.2 Å². The molecule has 5 nitrogen and oxygen atoms in total. The van der Waals surface area contributed by atoms with E-state index in [0.29, 0.717) is 39.8 Å². The summed E-state index contributed by atoms with van der Waals surface area (Å²) in [6, 6.07) is 0. The van der Waals surface area contributed by atoms with Gasteiger partial charge in [0.1, 0.15) is 6.29 Å². The van der Waals surface area contributed by atoms with Crippen LogP contribution in [0, 0.1) is 92.7 Å². The maximum absolute atomic E-state index is 6.86. The zero-order valence-corrected chi connectivity index (χ0v) is 45.7. The van der Waals surface area contributed by atoms with E-state index in [4.69, 9.17) is 23.1 Å². The van der Waals surface area contributed by atoms with Crippen molar-refractivity contribution in [3.8, 4) is 0 Å². The van der Waals surface area contributed by atoms with Crippen LogP contribution in [-0.2, 0) is 23.1 Å². The number of ether oxygens (including phenoxy) is 3. The molecule has 0 aliphatic heterocycles. The molecule has 11 unspecified atom stereocenters. The Morgan fingerprint density at radius 1 is 0.531 bits per heavy atom. The number of hydrogen-bond acceptors (Lipinski definition) is 5. The second-order valence-corrected chi connectivity index (χ2v) is 27.9. The van der Waals surface area contributed by atoms with E-state index in [2.05, 4.69) is 64.0 Å². The maximum Gasteiger partial charge on any atom is 0.383 e. The highest BCUT2D eigenvalue weighted by Gasteiger charge is 2.62. The normalized spacial score (nSPS) is 45.4. The van der Waals surface area contributed by atoms with Gasteiger partial charge in [-0.2, -0.15) is 0 Å². The first-order valence-electron chi connectivity index (χ1n) is 28.1. The fourth-order valence-corrected chi connectivity index (χ4v) is 20.9. The number of fused-ring (bicyclic) bond motifs is 10. The molecule has 0 N–H and O–H groups in total. The summed E-state index contributed by atoms with van der Waals surface area (Å²) in [4.78, 5) is 0. The molecule has 8 aliphatic carbocycles. The molecule has 0 spiro atoms. The molecular formula is C57H100BrO5Si. The van der Waals surface area contributed by atoms with Crippen LogP contribution >= 0.6 is 15.9 Å². The summed E-state index contributed by atoms with van der Waals surface area (Å²) in [7, 11) is 2.53. The highest BCUT2D eigenvalue weighted by Crippen LogP contribution is 2.70. The van der Waals surface area contributed by atoms with Gasteiger partial charge < -0.3 is 23.1 Å². The monoisotopic (exact) mass is 972 g/mol. The third-order valence-electron chi connectivity index (χ3n) is 23.0. The molecule has 0 saturated heterocycles. The number of hydrogen-bond donors (Lipinski definition) is 0. The molecule has 7 heteroatoms. The molecule has 0 aromatic rings. The second-order valence-electron chi connectivity index (χ2n) is 25.6. The number of unbranched alkanes of at least 4 members (excludes halogenated alkanes) is 3. The van der Waals surface area contributed by atoms with Crippen LogP contribution in [0.25, 0.3) is 0 Å².